The van der Waals surface area contributed by atoms with Gasteiger partial charge in [0.15, 0.2) is 0 Å². The van der Waals surface area contributed by atoms with Crippen LogP contribution in [0, 0.1) is 5.41 Å². The summed E-state index contributed by atoms with van der Waals surface area (Å²) in [6.07, 6.45) is 1.40. The highest BCUT2D eigenvalue weighted by atomic mass is 16.6. The van der Waals surface area contributed by atoms with Crippen molar-refractivity contribution in [2.45, 2.75) is 39.7 Å². The third kappa shape index (κ3) is 2.70. The summed E-state index contributed by atoms with van der Waals surface area (Å²) in [4.78, 5) is 23.9. The fourth-order valence-corrected chi connectivity index (χ4v) is 1.55. The predicted octanol–water partition coefficient (Wildman–Crippen LogP) is 1.83. The molecule has 1 aliphatic heterocycles. The van der Waals surface area contributed by atoms with E-state index in [1.54, 1.807) is 4.90 Å². The summed E-state index contributed by atoms with van der Waals surface area (Å²) in [5, 5.41) is 0. The second kappa shape index (κ2) is 3.83. The van der Waals surface area contributed by atoms with Crippen molar-refractivity contribution in [2.75, 3.05) is 13.1 Å². The number of amides is 1. The van der Waals surface area contributed by atoms with Crippen LogP contribution in [0.5, 0.6) is 0 Å². The molecule has 0 spiro atoms. The van der Waals surface area contributed by atoms with Gasteiger partial charge in [-0.25, -0.2) is 4.79 Å². The highest BCUT2D eigenvalue weighted by Crippen LogP contribution is 2.32. The average molecular weight is 213 g/mol. The summed E-state index contributed by atoms with van der Waals surface area (Å²) in [7, 11) is 0. The Labute approximate surface area is 90.6 Å². The summed E-state index contributed by atoms with van der Waals surface area (Å²) in [5.74, 6) is 0. The molecule has 0 atom stereocenters. The van der Waals surface area contributed by atoms with Gasteiger partial charge in [-0.3, -0.25) is 0 Å². The first-order chi connectivity index (χ1) is 6.82. The van der Waals surface area contributed by atoms with E-state index in [0.29, 0.717) is 13.1 Å². The number of carbonyl (C=O) groups is 2. The van der Waals surface area contributed by atoms with Crippen LogP contribution in [-0.2, 0) is 9.53 Å². The van der Waals surface area contributed by atoms with Crippen molar-refractivity contribution in [3.05, 3.63) is 0 Å². The minimum absolute atomic E-state index is 0.323. The van der Waals surface area contributed by atoms with Crippen molar-refractivity contribution in [3.8, 4) is 0 Å². The number of hydrogen-bond donors (Lipinski definition) is 0. The number of likely N-dealkylation sites (tertiary alicyclic amines) is 1. The number of aldehydes is 1. The molecule has 0 aliphatic carbocycles. The molecule has 0 N–H and O–H groups in total. The molecule has 1 amide bonds. The van der Waals surface area contributed by atoms with Gasteiger partial charge in [-0.2, -0.15) is 0 Å². The molecule has 1 aliphatic rings. The van der Waals surface area contributed by atoms with Crippen molar-refractivity contribution in [3.63, 3.8) is 0 Å². The molecule has 4 heteroatoms. The van der Waals surface area contributed by atoms with Gasteiger partial charge >= 0.3 is 6.09 Å². The van der Waals surface area contributed by atoms with Crippen molar-refractivity contribution in [2.24, 2.45) is 5.41 Å². The Hall–Kier alpha value is -1.06. The minimum Gasteiger partial charge on any atom is -0.444 e. The van der Waals surface area contributed by atoms with Crippen LogP contribution < -0.4 is 0 Å². The Morgan fingerprint density at radius 3 is 2.33 bits per heavy atom. The first-order valence-corrected chi connectivity index (χ1v) is 5.26. The Kier molecular flexibility index (Phi) is 3.07. The van der Waals surface area contributed by atoms with Crippen molar-refractivity contribution in [1.82, 2.24) is 4.90 Å². The molecule has 86 valence electrons. The van der Waals surface area contributed by atoms with Gasteiger partial charge < -0.3 is 14.4 Å². The lowest BCUT2D eigenvalue weighted by atomic mass is 9.79. The molecule has 0 aromatic heterocycles. The van der Waals surface area contributed by atoms with E-state index < -0.39 is 5.60 Å². The molecule has 0 radical (unpaired) electrons. The average Bonchev–Trinajstić information content (AvgIpc) is 2.00. The second-order valence-corrected chi connectivity index (χ2v) is 5.17. The van der Waals surface area contributed by atoms with Gasteiger partial charge in [0.05, 0.1) is 5.41 Å². The Balaban J connectivity index is 2.45. The van der Waals surface area contributed by atoms with Crippen LogP contribution in [0.25, 0.3) is 0 Å². The molecule has 0 saturated carbocycles. The fourth-order valence-electron chi connectivity index (χ4n) is 1.55. The van der Waals surface area contributed by atoms with E-state index in [1.165, 1.54) is 0 Å². The van der Waals surface area contributed by atoms with Crippen LogP contribution in [0.4, 0.5) is 4.79 Å². The van der Waals surface area contributed by atoms with Gasteiger partial charge in [0.2, 0.25) is 0 Å². The molecule has 1 saturated heterocycles. The van der Waals surface area contributed by atoms with E-state index in [1.807, 2.05) is 27.7 Å². The SMILES string of the molecule is CCC1(C=O)CN(C(=O)OC(C)(C)C)C1. The first-order valence-electron chi connectivity index (χ1n) is 5.26. The third-order valence-corrected chi connectivity index (χ3v) is 2.62. The van der Waals surface area contributed by atoms with Crippen LogP contribution >= 0.6 is 0 Å². The van der Waals surface area contributed by atoms with Crippen LogP contribution in [0.1, 0.15) is 34.1 Å². The smallest absolute Gasteiger partial charge is 0.410 e. The standard InChI is InChI=1S/C11H19NO3/c1-5-11(8-13)6-12(7-11)9(14)15-10(2,3)4/h8H,5-7H2,1-4H3. The Morgan fingerprint density at radius 1 is 1.47 bits per heavy atom. The molecule has 1 heterocycles. The van der Waals surface area contributed by atoms with Crippen molar-refractivity contribution < 1.29 is 14.3 Å². The maximum absolute atomic E-state index is 11.5. The molecule has 1 fully saturated rings. The van der Waals surface area contributed by atoms with E-state index >= 15 is 0 Å². The molecule has 4 nitrogen and oxygen atoms in total. The van der Waals surface area contributed by atoms with E-state index in [0.717, 1.165) is 12.7 Å². The quantitative estimate of drug-likeness (QED) is 0.657. The second-order valence-electron chi connectivity index (χ2n) is 5.17. The topological polar surface area (TPSA) is 46.6 Å². The largest absolute Gasteiger partial charge is 0.444 e. The minimum atomic E-state index is -0.470. The van der Waals surface area contributed by atoms with Crippen LogP contribution in [0.15, 0.2) is 0 Å². The molecule has 1 rings (SSSR count). The lowest BCUT2D eigenvalue weighted by Gasteiger charge is -2.46. The molecule has 0 aromatic rings. The van der Waals surface area contributed by atoms with Gasteiger partial charge in [-0.15, -0.1) is 0 Å². The predicted molar refractivity (Wildman–Crippen MR) is 56.6 cm³/mol. The Morgan fingerprint density at radius 2 is 2.00 bits per heavy atom. The lowest BCUT2D eigenvalue weighted by Crippen LogP contribution is -2.59. The summed E-state index contributed by atoms with van der Waals surface area (Å²) >= 11 is 0. The van der Waals surface area contributed by atoms with E-state index in [2.05, 4.69) is 0 Å². The molecule has 0 unspecified atom stereocenters. The van der Waals surface area contributed by atoms with E-state index in [4.69, 9.17) is 4.74 Å². The number of nitrogens with zero attached hydrogens (tertiary/aromatic N) is 1. The first kappa shape index (κ1) is 12.0. The zero-order valence-electron chi connectivity index (χ0n) is 9.87. The molecule has 0 aromatic carbocycles. The maximum Gasteiger partial charge on any atom is 0.410 e. The molecule has 15 heavy (non-hydrogen) atoms. The van der Waals surface area contributed by atoms with Gasteiger partial charge in [0.25, 0.3) is 0 Å². The van der Waals surface area contributed by atoms with Crippen molar-refractivity contribution >= 4 is 12.4 Å². The summed E-state index contributed by atoms with van der Waals surface area (Å²) in [6, 6.07) is 0. The lowest BCUT2D eigenvalue weighted by molar-refractivity contribution is -0.125. The Bertz CT molecular complexity index is 261. The number of rotatable bonds is 2. The van der Waals surface area contributed by atoms with Gasteiger partial charge in [-0.1, -0.05) is 6.92 Å². The highest BCUT2D eigenvalue weighted by Gasteiger charge is 2.45. The molecule has 0 bridgehead atoms. The van der Waals surface area contributed by atoms with Crippen LogP contribution in [0.2, 0.25) is 0 Å². The monoisotopic (exact) mass is 213 g/mol. The zero-order valence-corrected chi connectivity index (χ0v) is 9.87. The van der Waals surface area contributed by atoms with Gasteiger partial charge in [-0.05, 0) is 27.2 Å². The number of carbonyl (C=O) groups excluding carboxylic acids is 2. The summed E-state index contributed by atoms with van der Waals surface area (Å²) in [6.45, 7) is 8.43. The van der Waals surface area contributed by atoms with Crippen LogP contribution in [0.3, 0.4) is 0 Å². The molecular formula is C11H19NO3. The summed E-state index contributed by atoms with van der Waals surface area (Å²) in [5.41, 5.74) is -0.792. The van der Waals surface area contributed by atoms with Gasteiger partial charge in [0, 0.05) is 13.1 Å². The maximum atomic E-state index is 11.5. The zero-order chi connectivity index (χ0) is 11.7. The van der Waals surface area contributed by atoms with E-state index in [-0.39, 0.29) is 11.5 Å². The fraction of sp³-hybridized carbons (Fsp3) is 0.818. The number of ether oxygens (including phenoxy) is 1. The molecular weight excluding hydrogens is 194 g/mol. The third-order valence-electron chi connectivity index (χ3n) is 2.62. The number of hydrogen-bond acceptors (Lipinski definition) is 3. The normalized spacial score (nSPS) is 19.3. The summed E-state index contributed by atoms with van der Waals surface area (Å²) < 4.78 is 5.20. The van der Waals surface area contributed by atoms with Crippen LogP contribution in [-0.4, -0.2) is 36.0 Å². The van der Waals surface area contributed by atoms with Gasteiger partial charge in [0.1, 0.15) is 11.9 Å². The van der Waals surface area contributed by atoms with E-state index in [9.17, 15) is 9.59 Å². The highest BCUT2D eigenvalue weighted by molar-refractivity contribution is 5.73. The van der Waals surface area contributed by atoms with Crippen molar-refractivity contribution in [1.29, 1.82) is 0 Å².